The molecule has 1 amide bonds. The third kappa shape index (κ3) is 10.2. The minimum Gasteiger partial charge on any atom is -0.396 e. The molecule has 0 fully saturated rings. The van der Waals surface area contributed by atoms with Gasteiger partial charge in [0.1, 0.15) is 0 Å². The molecule has 102 valence electrons. The van der Waals surface area contributed by atoms with Crippen LogP contribution in [0.2, 0.25) is 0 Å². The summed E-state index contributed by atoms with van der Waals surface area (Å²) in [7, 11) is 1.65. The van der Waals surface area contributed by atoms with E-state index in [4.69, 9.17) is 9.84 Å². The molecule has 5 heteroatoms. The van der Waals surface area contributed by atoms with E-state index in [2.05, 4.69) is 24.5 Å². The number of hydrogen-bond acceptors (Lipinski definition) is 4. The quantitative estimate of drug-likeness (QED) is 0.479. The molecule has 0 saturated heterocycles. The van der Waals surface area contributed by atoms with Gasteiger partial charge in [-0.2, -0.15) is 0 Å². The number of aliphatic hydroxyl groups excluding tert-OH is 1. The van der Waals surface area contributed by atoms with Gasteiger partial charge in [-0.05, 0) is 18.3 Å². The number of methoxy groups -OCH3 is 1. The average molecular weight is 246 g/mol. The van der Waals surface area contributed by atoms with Crippen LogP contribution in [0.4, 0.5) is 0 Å². The van der Waals surface area contributed by atoms with Crippen molar-refractivity contribution in [2.45, 2.75) is 26.7 Å². The summed E-state index contributed by atoms with van der Waals surface area (Å²) in [6.07, 6.45) is 1.56. The van der Waals surface area contributed by atoms with Crippen molar-refractivity contribution >= 4 is 5.91 Å². The summed E-state index contributed by atoms with van der Waals surface area (Å²) in [4.78, 5) is 11.4. The minimum absolute atomic E-state index is 0.000835. The van der Waals surface area contributed by atoms with Crippen LogP contribution in [0.3, 0.4) is 0 Å². The highest BCUT2D eigenvalue weighted by atomic mass is 16.5. The summed E-state index contributed by atoms with van der Waals surface area (Å²) in [6, 6.07) is 0. The molecule has 5 nitrogen and oxygen atoms in total. The molecule has 0 rings (SSSR count). The summed E-state index contributed by atoms with van der Waals surface area (Å²) in [5.41, 5.74) is 0.0189. The van der Waals surface area contributed by atoms with Gasteiger partial charge in [-0.15, -0.1) is 0 Å². The van der Waals surface area contributed by atoms with Gasteiger partial charge in [0.15, 0.2) is 0 Å². The van der Waals surface area contributed by atoms with Gasteiger partial charge in [0.2, 0.25) is 5.91 Å². The zero-order chi connectivity index (χ0) is 13.1. The normalized spacial score (nSPS) is 11.5. The zero-order valence-electron chi connectivity index (χ0n) is 11.2. The number of carbonyl (C=O) groups is 1. The Morgan fingerprint density at radius 3 is 2.71 bits per heavy atom. The van der Waals surface area contributed by atoms with E-state index in [0.29, 0.717) is 19.7 Å². The molecule has 0 atom stereocenters. The van der Waals surface area contributed by atoms with E-state index >= 15 is 0 Å². The molecule has 0 saturated carbocycles. The summed E-state index contributed by atoms with van der Waals surface area (Å²) >= 11 is 0. The third-order valence-corrected chi connectivity index (χ3v) is 2.53. The van der Waals surface area contributed by atoms with Crippen molar-refractivity contribution in [3.05, 3.63) is 0 Å². The molecule has 0 bridgehead atoms. The fourth-order valence-electron chi connectivity index (χ4n) is 1.41. The number of rotatable bonds is 10. The summed E-state index contributed by atoms with van der Waals surface area (Å²) in [6.45, 7) is 6.66. The van der Waals surface area contributed by atoms with Gasteiger partial charge in [-0.25, -0.2) is 0 Å². The lowest BCUT2D eigenvalue weighted by molar-refractivity contribution is -0.120. The Kier molecular flexibility index (Phi) is 9.03. The van der Waals surface area contributed by atoms with Crippen LogP contribution >= 0.6 is 0 Å². The first-order chi connectivity index (χ1) is 8.02. The highest BCUT2D eigenvalue weighted by molar-refractivity contribution is 5.77. The largest absolute Gasteiger partial charge is 0.396 e. The molecule has 0 aliphatic heterocycles. The average Bonchev–Trinajstić information content (AvgIpc) is 2.24. The van der Waals surface area contributed by atoms with Gasteiger partial charge in [-0.1, -0.05) is 13.8 Å². The maximum atomic E-state index is 11.4. The van der Waals surface area contributed by atoms with Crippen molar-refractivity contribution in [1.29, 1.82) is 0 Å². The minimum atomic E-state index is 0.000835. The van der Waals surface area contributed by atoms with Crippen molar-refractivity contribution in [3.8, 4) is 0 Å². The lowest BCUT2D eigenvalue weighted by atomic mass is 9.90. The Hall–Kier alpha value is -0.650. The lowest BCUT2D eigenvalue weighted by Gasteiger charge is -2.23. The second-order valence-electron chi connectivity index (χ2n) is 4.94. The topological polar surface area (TPSA) is 70.6 Å². The predicted molar refractivity (Wildman–Crippen MR) is 67.9 cm³/mol. The van der Waals surface area contributed by atoms with Gasteiger partial charge in [0.05, 0.1) is 6.54 Å². The van der Waals surface area contributed by atoms with Crippen LogP contribution in [0.25, 0.3) is 0 Å². The Morgan fingerprint density at radius 1 is 1.41 bits per heavy atom. The number of hydrogen-bond donors (Lipinski definition) is 3. The SMILES string of the molecule is COCCCNC(=O)CNCC(C)(C)CCO. The van der Waals surface area contributed by atoms with Crippen LogP contribution in [0.15, 0.2) is 0 Å². The molecular formula is C12H26N2O3. The smallest absolute Gasteiger partial charge is 0.233 e. The number of carbonyl (C=O) groups excluding carboxylic acids is 1. The number of ether oxygens (including phenoxy) is 1. The summed E-state index contributed by atoms with van der Waals surface area (Å²) in [5, 5.41) is 14.8. The van der Waals surface area contributed by atoms with Crippen molar-refractivity contribution < 1.29 is 14.6 Å². The highest BCUT2D eigenvalue weighted by Gasteiger charge is 2.16. The molecule has 0 heterocycles. The van der Waals surface area contributed by atoms with Crippen LogP contribution in [-0.2, 0) is 9.53 Å². The van der Waals surface area contributed by atoms with Gasteiger partial charge in [0, 0.05) is 33.4 Å². The maximum absolute atomic E-state index is 11.4. The van der Waals surface area contributed by atoms with Crippen molar-refractivity contribution in [1.82, 2.24) is 10.6 Å². The molecule has 0 aliphatic rings. The van der Waals surface area contributed by atoms with E-state index in [1.54, 1.807) is 7.11 Å². The first-order valence-electron chi connectivity index (χ1n) is 6.09. The predicted octanol–water partition coefficient (Wildman–Crippen LogP) is 0.137. The monoisotopic (exact) mass is 246 g/mol. The molecule has 17 heavy (non-hydrogen) atoms. The van der Waals surface area contributed by atoms with Crippen molar-refractivity contribution in [2.24, 2.45) is 5.41 Å². The first kappa shape index (κ1) is 16.4. The van der Waals surface area contributed by atoms with Crippen molar-refractivity contribution in [2.75, 3.05) is 40.0 Å². The summed E-state index contributed by atoms with van der Waals surface area (Å²) < 4.78 is 4.89. The van der Waals surface area contributed by atoms with E-state index in [9.17, 15) is 4.79 Å². The van der Waals surface area contributed by atoms with Gasteiger partial charge in [0.25, 0.3) is 0 Å². The molecule has 0 aliphatic carbocycles. The number of amides is 1. The molecule has 0 aromatic carbocycles. The van der Waals surface area contributed by atoms with Crippen LogP contribution < -0.4 is 10.6 Å². The number of nitrogens with one attached hydrogen (secondary N) is 2. The Labute approximate surface area is 104 Å². The molecule has 0 spiro atoms. The molecule has 3 N–H and O–H groups in total. The first-order valence-corrected chi connectivity index (χ1v) is 6.09. The van der Waals surface area contributed by atoms with E-state index in [0.717, 1.165) is 19.4 Å². The molecule has 0 radical (unpaired) electrons. The van der Waals surface area contributed by atoms with Gasteiger partial charge >= 0.3 is 0 Å². The van der Waals surface area contributed by atoms with Crippen LogP contribution in [-0.4, -0.2) is 51.0 Å². The Bertz CT molecular complexity index is 208. The second-order valence-corrected chi connectivity index (χ2v) is 4.94. The fraction of sp³-hybridized carbons (Fsp3) is 0.917. The van der Waals surface area contributed by atoms with Crippen LogP contribution in [0, 0.1) is 5.41 Å². The molecule has 0 unspecified atom stereocenters. The van der Waals surface area contributed by atoms with E-state index < -0.39 is 0 Å². The molecular weight excluding hydrogens is 220 g/mol. The highest BCUT2D eigenvalue weighted by Crippen LogP contribution is 2.17. The lowest BCUT2D eigenvalue weighted by Crippen LogP contribution is -2.39. The van der Waals surface area contributed by atoms with Gasteiger partial charge < -0.3 is 20.5 Å². The molecule has 0 aromatic rings. The second kappa shape index (κ2) is 9.39. The number of aliphatic hydroxyl groups is 1. The van der Waals surface area contributed by atoms with E-state index in [-0.39, 0.29) is 17.9 Å². The zero-order valence-corrected chi connectivity index (χ0v) is 11.2. The van der Waals surface area contributed by atoms with Crippen LogP contribution in [0.5, 0.6) is 0 Å². The maximum Gasteiger partial charge on any atom is 0.233 e. The standard InChI is InChI=1S/C12H26N2O3/c1-12(2,5-7-15)10-13-9-11(16)14-6-4-8-17-3/h13,15H,4-10H2,1-3H3,(H,14,16). The fourth-order valence-corrected chi connectivity index (χ4v) is 1.41. The molecule has 0 aromatic heterocycles. The third-order valence-electron chi connectivity index (χ3n) is 2.53. The summed E-state index contributed by atoms with van der Waals surface area (Å²) in [5.74, 6) is 0.000835. The van der Waals surface area contributed by atoms with E-state index in [1.165, 1.54) is 0 Å². The van der Waals surface area contributed by atoms with Crippen molar-refractivity contribution in [3.63, 3.8) is 0 Å². The Morgan fingerprint density at radius 2 is 2.12 bits per heavy atom. The van der Waals surface area contributed by atoms with Crippen LogP contribution in [0.1, 0.15) is 26.7 Å². The van der Waals surface area contributed by atoms with E-state index in [1.807, 2.05) is 0 Å². The van der Waals surface area contributed by atoms with Gasteiger partial charge in [-0.3, -0.25) is 4.79 Å². The Balaban J connectivity index is 3.50.